The first-order chi connectivity index (χ1) is 8.90. The van der Waals surface area contributed by atoms with Crippen LogP contribution in [0.4, 0.5) is 5.69 Å². The van der Waals surface area contributed by atoms with Crippen molar-refractivity contribution in [1.82, 2.24) is 0 Å². The third kappa shape index (κ3) is 2.26. The average Bonchev–Trinajstić information content (AvgIpc) is 2.57. The molecule has 0 aromatic heterocycles. The molecule has 1 aromatic carbocycles. The predicted octanol–water partition coefficient (Wildman–Crippen LogP) is 2.30. The highest BCUT2D eigenvalue weighted by Crippen LogP contribution is 2.38. The number of anilines is 1. The summed E-state index contributed by atoms with van der Waals surface area (Å²) in [6.45, 7) is 5.99. The number of methoxy groups -OCH3 is 1. The maximum Gasteiger partial charge on any atom is 0.138 e. The molecular weight excluding hydrogens is 240 g/mol. The second-order valence-electron chi connectivity index (χ2n) is 5.49. The Morgan fingerprint density at radius 2 is 2.16 bits per heavy atom. The molecule has 3 atom stereocenters. The van der Waals surface area contributed by atoms with Crippen molar-refractivity contribution in [3.63, 3.8) is 0 Å². The van der Waals surface area contributed by atoms with E-state index < -0.39 is 5.60 Å². The highest BCUT2D eigenvalue weighted by atomic mass is 16.5. The van der Waals surface area contributed by atoms with Gasteiger partial charge in [0.25, 0.3) is 0 Å². The minimum atomic E-state index is -0.694. The zero-order valence-electron chi connectivity index (χ0n) is 11.8. The van der Waals surface area contributed by atoms with Crippen molar-refractivity contribution in [3.05, 3.63) is 23.8 Å². The molecule has 4 heteroatoms. The summed E-state index contributed by atoms with van der Waals surface area (Å²) >= 11 is 0. The third-order valence-electron chi connectivity index (χ3n) is 4.10. The number of nitrogens with zero attached hydrogens (tertiary/aromatic N) is 2. The Morgan fingerprint density at radius 3 is 2.63 bits per heavy atom. The van der Waals surface area contributed by atoms with E-state index in [1.54, 1.807) is 13.2 Å². The number of nitriles is 1. The molecule has 1 aliphatic rings. The Hall–Kier alpha value is -1.73. The van der Waals surface area contributed by atoms with Gasteiger partial charge in [0, 0.05) is 17.8 Å². The fraction of sp³-hybridized carbons (Fsp3) is 0.533. The van der Waals surface area contributed by atoms with E-state index in [-0.39, 0.29) is 12.1 Å². The standard InChI is InChI=1S/C15H20N2O2/c1-10-8-15(3,18)11(2)17(10)13-6-5-12(9-16)14(7-13)19-4/h5-7,10-11,18H,8H2,1-4H3. The SMILES string of the molecule is COc1cc(N2C(C)CC(C)(O)C2C)ccc1C#N. The van der Waals surface area contributed by atoms with Crippen LogP contribution in [0.5, 0.6) is 5.75 Å². The van der Waals surface area contributed by atoms with Gasteiger partial charge >= 0.3 is 0 Å². The smallest absolute Gasteiger partial charge is 0.138 e. The summed E-state index contributed by atoms with van der Waals surface area (Å²) in [5, 5.41) is 19.4. The van der Waals surface area contributed by atoms with E-state index in [1.165, 1.54) is 0 Å². The van der Waals surface area contributed by atoms with Crippen molar-refractivity contribution in [2.45, 2.75) is 44.9 Å². The van der Waals surface area contributed by atoms with Crippen molar-refractivity contribution in [2.75, 3.05) is 12.0 Å². The Bertz CT molecular complexity index is 519. The van der Waals surface area contributed by atoms with E-state index in [1.807, 2.05) is 26.0 Å². The van der Waals surface area contributed by atoms with Crippen LogP contribution in [0.25, 0.3) is 0 Å². The molecule has 4 nitrogen and oxygen atoms in total. The molecule has 1 saturated heterocycles. The fourth-order valence-corrected chi connectivity index (χ4v) is 2.96. The topological polar surface area (TPSA) is 56.5 Å². The van der Waals surface area contributed by atoms with E-state index in [9.17, 15) is 5.11 Å². The lowest BCUT2D eigenvalue weighted by Crippen LogP contribution is -2.41. The first-order valence-corrected chi connectivity index (χ1v) is 6.49. The number of ether oxygens (including phenoxy) is 1. The highest BCUT2D eigenvalue weighted by Gasteiger charge is 2.43. The summed E-state index contributed by atoms with van der Waals surface area (Å²) in [6.07, 6.45) is 0.733. The second kappa shape index (κ2) is 4.75. The predicted molar refractivity (Wildman–Crippen MR) is 74.4 cm³/mol. The number of rotatable bonds is 2. The highest BCUT2D eigenvalue weighted by molar-refractivity contribution is 5.59. The van der Waals surface area contributed by atoms with Crippen LogP contribution in [0, 0.1) is 11.3 Å². The average molecular weight is 260 g/mol. The van der Waals surface area contributed by atoms with Crippen LogP contribution in [-0.4, -0.2) is 29.9 Å². The van der Waals surface area contributed by atoms with Crippen molar-refractivity contribution >= 4 is 5.69 Å². The van der Waals surface area contributed by atoms with Crippen LogP contribution in [0.2, 0.25) is 0 Å². The molecule has 1 fully saturated rings. The minimum absolute atomic E-state index is 0.0279. The number of hydrogen-bond acceptors (Lipinski definition) is 4. The van der Waals surface area contributed by atoms with E-state index in [4.69, 9.17) is 10.00 Å². The van der Waals surface area contributed by atoms with Gasteiger partial charge in [0.2, 0.25) is 0 Å². The van der Waals surface area contributed by atoms with Gasteiger partial charge in [-0.25, -0.2) is 0 Å². The first-order valence-electron chi connectivity index (χ1n) is 6.49. The van der Waals surface area contributed by atoms with Crippen LogP contribution in [0.3, 0.4) is 0 Å². The van der Waals surface area contributed by atoms with Gasteiger partial charge in [0.1, 0.15) is 11.8 Å². The summed E-state index contributed by atoms with van der Waals surface area (Å²) in [5.41, 5.74) is 0.812. The van der Waals surface area contributed by atoms with Crippen molar-refractivity contribution in [3.8, 4) is 11.8 Å². The molecule has 1 aromatic rings. The number of aliphatic hydroxyl groups is 1. The molecule has 102 valence electrons. The zero-order valence-corrected chi connectivity index (χ0v) is 11.8. The zero-order chi connectivity index (χ0) is 14.2. The molecule has 1 heterocycles. The Labute approximate surface area is 114 Å². The van der Waals surface area contributed by atoms with Gasteiger partial charge in [-0.05, 0) is 39.3 Å². The lowest BCUT2D eigenvalue weighted by molar-refractivity contribution is 0.0547. The molecule has 3 unspecified atom stereocenters. The lowest BCUT2D eigenvalue weighted by Gasteiger charge is -2.32. The van der Waals surface area contributed by atoms with Gasteiger partial charge in [-0.3, -0.25) is 0 Å². The third-order valence-corrected chi connectivity index (χ3v) is 4.10. The van der Waals surface area contributed by atoms with Crippen molar-refractivity contribution in [1.29, 1.82) is 5.26 Å². The van der Waals surface area contributed by atoms with Crippen molar-refractivity contribution < 1.29 is 9.84 Å². The molecule has 0 spiro atoms. The first kappa shape index (κ1) is 13.7. The van der Waals surface area contributed by atoms with Gasteiger partial charge in [-0.1, -0.05) is 0 Å². The van der Waals surface area contributed by atoms with Crippen LogP contribution >= 0.6 is 0 Å². The molecule has 0 radical (unpaired) electrons. The molecular formula is C15H20N2O2. The Morgan fingerprint density at radius 1 is 1.47 bits per heavy atom. The Kier molecular flexibility index (Phi) is 3.42. The van der Waals surface area contributed by atoms with Crippen LogP contribution in [0.15, 0.2) is 18.2 Å². The normalized spacial score (nSPS) is 30.2. The monoisotopic (exact) mass is 260 g/mol. The van der Waals surface area contributed by atoms with E-state index in [0.29, 0.717) is 11.3 Å². The summed E-state index contributed by atoms with van der Waals surface area (Å²) in [7, 11) is 1.56. The molecule has 0 aliphatic carbocycles. The second-order valence-corrected chi connectivity index (χ2v) is 5.49. The lowest BCUT2D eigenvalue weighted by atomic mass is 9.97. The van der Waals surface area contributed by atoms with Crippen molar-refractivity contribution in [2.24, 2.45) is 0 Å². The molecule has 2 rings (SSSR count). The molecule has 1 N–H and O–H groups in total. The van der Waals surface area contributed by atoms with Gasteiger partial charge in [-0.2, -0.15) is 5.26 Å². The summed E-state index contributed by atoms with van der Waals surface area (Å²) in [5.74, 6) is 0.575. The minimum Gasteiger partial charge on any atom is -0.495 e. The number of benzene rings is 1. The van der Waals surface area contributed by atoms with Crippen LogP contribution in [-0.2, 0) is 0 Å². The summed E-state index contributed by atoms with van der Waals surface area (Å²) in [4.78, 5) is 2.18. The van der Waals surface area contributed by atoms with Crippen LogP contribution < -0.4 is 9.64 Å². The maximum atomic E-state index is 10.4. The van der Waals surface area contributed by atoms with Gasteiger partial charge in [-0.15, -0.1) is 0 Å². The van der Waals surface area contributed by atoms with E-state index >= 15 is 0 Å². The molecule has 19 heavy (non-hydrogen) atoms. The molecule has 0 saturated carbocycles. The van der Waals surface area contributed by atoms with Crippen LogP contribution in [0.1, 0.15) is 32.8 Å². The molecule has 0 bridgehead atoms. The van der Waals surface area contributed by atoms with E-state index in [0.717, 1.165) is 12.1 Å². The van der Waals surface area contributed by atoms with Gasteiger partial charge in [0.05, 0.1) is 24.3 Å². The molecule has 1 aliphatic heterocycles. The molecule has 0 amide bonds. The number of hydrogen-bond donors (Lipinski definition) is 1. The van der Waals surface area contributed by atoms with E-state index in [2.05, 4.69) is 17.9 Å². The summed E-state index contributed by atoms with van der Waals surface area (Å²) < 4.78 is 5.25. The van der Waals surface area contributed by atoms with Gasteiger partial charge < -0.3 is 14.7 Å². The van der Waals surface area contributed by atoms with Gasteiger partial charge in [0.15, 0.2) is 0 Å². The largest absolute Gasteiger partial charge is 0.495 e. The Balaban J connectivity index is 2.40. The maximum absolute atomic E-state index is 10.4. The fourth-order valence-electron chi connectivity index (χ4n) is 2.96. The quantitative estimate of drug-likeness (QED) is 0.886. The summed E-state index contributed by atoms with van der Waals surface area (Å²) in [6, 6.07) is 7.94.